The van der Waals surface area contributed by atoms with Crippen molar-refractivity contribution in [2.24, 2.45) is 0 Å². The first kappa shape index (κ1) is 36.9. The molecule has 4 aromatic carbocycles. The van der Waals surface area contributed by atoms with Gasteiger partial charge in [0.25, 0.3) is 0 Å². The van der Waals surface area contributed by atoms with Gasteiger partial charge in [-0.3, -0.25) is 9.97 Å². The minimum atomic E-state index is -0.129. The Balaban J connectivity index is 0.00000486. The van der Waals surface area contributed by atoms with E-state index in [0.717, 1.165) is 44.8 Å². The van der Waals surface area contributed by atoms with Gasteiger partial charge in [-0.1, -0.05) is 146 Å². The van der Waals surface area contributed by atoms with E-state index in [-0.39, 0.29) is 43.1 Å². The zero-order chi connectivity index (χ0) is 35.1. The second-order valence-electron chi connectivity index (χ2n) is 16.2. The van der Waals surface area contributed by atoms with Crippen molar-refractivity contribution in [1.82, 2.24) is 9.97 Å². The molecule has 0 aliphatic rings. The molecule has 0 saturated heterocycles. The van der Waals surface area contributed by atoms with E-state index in [0.29, 0.717) is 11.3 Å². The number of phenolic OH excluding ortho intramolecular Hbond substituents is 1. The predicted molar refractivity (Wildman–Crippen MR) is 206 cm³/mol. The average Bonchev–Trinajstić information content (AvgIpc) is 3.07. The molecule has 2 aromatic heterocycles. The van der Waals surface area contributed by atoms with Crippen molar-refractivity contribution in [3.8, 4) is 61.8 Å². The quantitative estimate of drug-likeness (QED) is 0.176. The Morgan fingerprint density at radius 3 is 1.58 bits per heavy atom. The normalized spacial score (nSPS) is 12.0. The van der Waals surface area contributed by atoms with Crippen LogP contribution in [0.1, 0.15) is 79.0 Å². The van der Waals surface area contributed by atoms with Gasteiger partial charge < -0.3 is 5.11 Å². The molecule has 6 rings (SSSR count). The van der Waals surface area contributed by atoms with Gasteiger partial charge in [-0.05, 0) is 73.9 Å². The third-order valence-electron chi connectivity index (χ3n) is 9.16. The number of para-hydroxylation sites is 1. The number of benzene rings is 4. The number of rotatable bonds is 5. The summed E-state index contributed by atoms with van der Waals surface area (Å²) < 4.78 is 0. The van der Waals surface area contributed by atoms with Crippen LogP contribution in [0.15, 0.2) is 115 Å². The van der Waals surface area contributed by atoms with Gasteiger partial charge in [0, 0.05) is 44.2 Å². The van der Waals surface area contributed by atoms with Crippen molar-refractivity contribution in [2.75, 3.05) is 0 Å². The van der Waals surface area contributed by atoms with E-state index in [1.807, 2.05) is 30.5 Å². The van der Waals surface area contributed by atoms with Crippen LogP contribution in [0, 0.1) is 6.07 Å². The van der Waals surface area contributed by atoms with Crippen molar-refractivity contribution in [3.05, 3.63) is 138 Å². The molecule has 4 heteroatoms. The first-order chi connectivity index (χ1) is 23.1. The number of hydrogen-bond donors (Lipinski definition) is 1. The second kappa shape index (κ2) is 14.1. The summed E-state index contributed by atoms with van der Waals surface area (Å²) in [5.74, 6) is 0.201. The Morgan fingerprint density at radius 1 is 0.480 bits per heavy atom. The van der Waals surface area contributed by atoms with Crippen LogP contribution in [0.4, 0.5) is 0 Å². The first-order valence-corrected chi connectivity index (χ1v) is 17.1. The van der Waals surface area contributed by atoms with Crippen LogP contribution >= 0.6 is 0 Å². The van der Waals surface area contributed by atoms with E-state index in [4.69, 9.17) is 9.97 Å². The van der Waals surface area contributed by atoms with E-state index >= 15 is 0 Å². The van der Waals surface area contributed by atoms with E-state index in [1.165, 1.54) is 16.7 Å². The number of nitrogens with zero attached hydrogens (tertiary/aromatic N) is 2. The molecule has 0 atom stereocenters. The largest absolute Gasteiger partial charge is 0.507 e. The number of phenols is 1. The van der Waals surface area contributed by atoms with Crippen molar-refractivity contribution >= 4 is 0 Å². The molecule has 0 aliphatic carbocycles. The Kier molecular flexibility index (Phi) is 10.4. The summed E-state index contributed by atoms with van der Waals surface area (Å²) in [6.07, 6.45) is 1.87. The molecule has 1 N–H and O–H groups in total. The first-order valence-electron chi connectivity index (χ1n) is 17.1. The van der Waals surface area contributed by atoms with Gasteiger partial charge in [0.2, 0.25) is 0 Å². The summed E-state index contributed by atoms with van der Waals surface area (Å²) in [6.45, 7) is 20.3. The summed E-state index contributed by atoms with van der Waals surface area (Å²) in [4.78, 5) is 10.0. The molecular weight excluding hydrogens is 792 g/mol. The molecular formula is C46H47N2OPt-. The summed E-state index contributed by atoms with van der Waals surface area (Å²) in [6, 6.07) is 41.4. The maximum atomic E-state index is 11.0. The Labute approximate surface area is 313 Å². The average molecular weight is 839 g/mol. The molecule has 50 heavy (non-hydrogen) atoms. The zero-order valence-corrected chi connectivity index (χ0v) is 32.9. The van der Waals surface area contributed by atoms with Gasteiger partial charge in [-0.15, -0.1) is 23.8 Å². The van der Waals surface area contributed by atoms with Crippen LogP contribution < -0.4 is 0 Å². The van der Waals surface area contributed by atoms with E-state index in [2.05, 4.69) is 147 Å². The van der Waals surface area contributed by atoms with E-state index in [1.54, 1.807) is 6.07 Å². The summed E-state index contributed by atoms with van der Waals surface area (Å²) in [5, 5.41) is 11.0. The maximum absolute atomic E-state index is 11.0. The number of pyridine rings is 2. The smallest absolute Gasteiger partial charge is 0.124 e. The minimum absolute atomic E-state index is 0. The van der Waals surface area contributed by atoms with E-state index < -0.39 is 0 Å². The molecule has 3 nitrogen and oxygen atoms in total. The van der Waals surface area contributed by atoms with Crippen LogP contribution in [-0.4, -0.2) is 15.1 Å². The van der Waals surface area contributed by atoms with Gasteiger partial charge in [-0.25, -0.2) is 0 Å². The minimum Gasteiger partial charge on any atom is -0.507 e. The van der Waals surface area contributed by atoms with Crippen LogP contribution in [0.5, 0.6) is 5.75 Å². The molecule has 0 unspecified atom stereocenters. The van der Waals surface area contributed by atoms with Gasteiger partial charge in [-0.2, -0.15) is 0 Å². The van der Waals surface area contributed by atoms with Crippen molar-refractivity contribution < 1.29 is 26.2 Å². The molecule has 0 bridgehead atoms. The Hall–Kier alpha value is -4.33. The summed E-state index contributed by atoms with van der Waals surface area (Å²) in [7, 11) is 0. The fraction of sp³-hybridized carbons (Fsp3) is 0.261. The fourth-order valence-corrected chi connectivity index (χ4v) is 5.99. The van der Waals surface area contributed by atoms with Crippen LogP contribution in [0.3, 0.4) is 0 Å². The third-order valence-corrected chi connectivity index (χ3v) is 9.16. The Bertz CT molecular complexity index is 2100. The standard InChI is InChI=1S/C46H47N2O.Pt/c1-44(2,3)36-24-34(40-26-31(19-20-47-40)30-15-11-10-12-16-30)21-35(25-36)41-27-33(28-42(48-41)39-17-13-14-18-43(39)49)32-22-37(45(4,5)6)29-38(23-32)46(7,8)9;/h10-20,22-29,49H,1-9H3;/q-1;. The van der Waals surface area contributed by atoms with Gasteiger partial charge in [0.15, 0.2) is 0 Å². The molecule has 0 aliphatic heterocycles. The molecule has 6 aromatic rings. The zero-order valence-electron chi connectivity index (χ0n) is 30.6. The molecule has 258 valence electrons. The van der Waals surface area contributed by atoms with Gasteiger partial charge >= 0.3 is 0 Å². The second-order valence-corrected chi connectivity index (χ2v) is 16.2. The topological polar surface area (TPSA) is 46.0 Å². The van der Waals surface area contributed by atoms with Crippen molar-refractivity contribution in [2.45, 2.75) is 78.6 Å². The van der Waals surface area contributed by atoms with Crippen molar-refractivity contribution in [3.63, 3.8) is 0 Å². The predicted octanol–water partition coefficient (Wildman–Crippen LogP) is 12.2. The molecule has 0 spiro atoms. The molecule has 0 amide bonds. The SMILES string of the molecule is CC(C)(C)c1cc(-c2cc(-c3ccccc3)ccn2)[c-]c(-c2cc(-c3cc(C(C)(C)C)cc(C(C)(C)C)c3)cc(-c3ccccc3O)n2)c1.[Pt]. The third kappa shape index (κ3) is 8.17. The van der Waals surface area contributed by atoms with Gasteiger partial charge in [0.05, 0.1) is 5.69 Å². The molecule has 0 radical (unpaired) electrons. The summed E-state index contributed by atoms with van der Waals surface area (Å²) in [5.41, 5.74) is 12.8. The molecule has 0 saturated carbocycles. The number of aromatic hydroxyl groups is 1. The maximum Gasteiger partial charge on any atom is 0.124 e. The van der Waals surface area contributed by atoms with Crippen LogP contribution in [0.25, 0.3) is 56.0 Å². The van der Waals surface area contributed by atoms with Gasteiger partial charge in [0.1, 0.15) is 5.75 Å². The Morgan fingerprint density at radius 2 is 0.980 bits per heavy atom. The number of hydrogen-bond acceptors (Lipinski definition) is 3. The molecule has 2 heterocycles. The molecule has 0 fully saturated rings. The fourth-order valence-electron chi connectivity index (χ4n) is 5.99. The van der Waals surface area contributed by atoms with Crippen molar-refractivity contribution in [1.29, 1.82) is 0 Å². The van der Waals surface area contributed by atoms with E-state index in [9.17, 15) is 5.11 Å². The van der Waals surface area contributed by atoms with Crippen LogP contribution in [0.2, 0.25) is 0 Å². The number of aromatic nitrogens is 2. The summed E-state index contributed by atoms with van der Waals surface area (Å²) >= 11 is 0. The monoisotopic (exact) mass is 838 g/mol. The van der Waals surface area contributed by atoms with Crippen LogP contribution in [-0.2, 0) is 37.3 Å².